The van der Waals surface area contributed by atoms with Crippen LogP contribution in [-0.4, -0.2) is 35.0 Å². The summed E-state index contributed by atoms with van der Waals surface area (Å²) in [5, 5.41) is 15.1. The fraction of sp³-hybridized carbons (Fsp3) is 0.526. The Labute approximate surface area is 159 Å². The molecule has 0 fully saturated rings. The molecule has 0 aliphatic heterocycles. The average molecular weight is 383 g/mol. The highest BCUT2D eigenvalue weighted by atomic mass is 35.5. The quantitative estimate of drug-likeness (QED) is 0.611. The molecule has 0 aliphatic carbocycles. The van der Waals surface area contributed by atoms with Crippen molar-refractivity contribution in [3.05, 3.63) is 34.9 Å². The monoisotopic (exact) mass is 382 g/mol. The smallest absolute Gasteiger partial charge is 0.326 e. The first-order valence-corrected chi connectivity index (χ1v) is 9.07. The van der Waals surface area contributed by atoms with Gasteiger partial charge in [-0.05, 0) is 48.9 Å². The first kappa shape index (κ1) is 22.0. The van der Waals surface area contributed by atoms with Crippen LogP contribution in [0.5, 0.6) is 0 Å². The van der Waals surface area contributed by atoms with Crippen molar-refractivity contribution in [1.82, 2.24) is 10.6 Å². The van der Waals surface area contributed by atoms with Gasteiger partial charge >= 0.3 is 5.97 Å². The van der Waals surface area contributed by atoms with Gasteiger partial charge in [0.1, 0.15) is 12.1 Å². The summed E-state index contributed by atoms with van der Waals surface area (Å²) in [6, 6.07) is 4.53. The van der Waals surface area contributed by atoms with E-state index in [1.807, 2.05) is 27.7 Å². The molecule has 0 radical (unpaired) electrons. The van der Waals surface area contributed by atoms with E-state index in [1.54, 1.807) is 24.3 Å². The lowest BCUT2D eigenvalue weighted by Gasteiger charge is -2.23. The van der Waals surface area contributed by atoms with Crippen LogP contribution in [0.3, 0.4) is 0 Å². The van der Waals surface area contributed by atoms with Gasteiger partial charge in [0.25, 0.3) is 5.91 Å². The lowest BCUT2D eigenvalue weighted by atomic mass is 10.00. The van der Waals surface area contributed by atoms with E-state index in [0.29, 0.717) is 23.4 Å². The molecule has 1 aromatic rings. The topological polar surface area (TPSA) is 95.5 Å². The number of hydrogen-bond donors (Lipinski definition) is 3. The zero-order valence-electron chi connectivity index (χ0n) is 15.6. The number of carbonyl (C=O) groups excluding carboxylic acids is 2. The number of nitrogens with one attached hydrogen (secondary N) is 2. The molecule has 144 valence electrons. The van der Waals surface area contributed by atoms with Gasteiger partial charge in [-0.2, -0.15) is 0 Å². The Morgan fingerprint density at radius 1 is 0.923 bits per heavy atom. The molecule has 2 atom stereocenters. The second kappa shape index (κ2) is 10.2. The molecule has 0 saturated carbocycles. The van der Waals surface area contributed by atoms with Crippen LogP contribution in [0.1, 0.15) is 50.9 Å². The summed E-state index contributed by atoms with van der Waals surface area (Å²) in [6.07, 6.45) is 0.722. The normalized spacial score (nSPS) is 13.3. The predicted octanol–water partition coefficient (Wildman–Crippen LogP) is 3.10. The molecule has 0 spiro atoms. The molecule has 0 bridgehead atoms. The fourth-order valence-corrected chi connectivity index (χ4v) is 2.64. The van der Waals surface area contributed by atoms with Crippen molar-refractivity contribution in [3.8, 4) is 0 Å². The highest BCUT2D eigenvalue weighted by molar-refractivity contribution is 6.30. The fourth-order valence-electron chi connectivity index (χ4n) is 2.51. The van der Waals surface area contributed by atoms with Crippen LogP contribution in [0.4, 0.5) is 0 Å². The van der Waals surface area contributed by atoms with Crippen LogP contribution in [0.15, 0.2) is 24.3 Å². The van der Waals surface area contributed by atoms with Gasteiger partial charge in [-0.15, -0.1) is 0 Å². The molecule has 0 saturated heterocycles. The summed E-state index contributed by atoms with van der Waals surface area (Å²) in [5.41, 5.74) is 0.382. The Morgan fingerprint density at radius 2 is 1.42 bits per heavy atom. The Morgan fingerprint density at radius 3 is 1.88 bits per heavy atom. The third-order valence-electron chi connectivity index (χ3n) is 3.76. The summed E-state index contributed by atoms with van der Waals surface area (Å²) in [6.45, 7) is 7.63. The van der Waals surface area contributed by atoms with Crippen LogP contribution >= 0.6 is 11.6 Å². The summed E-state index contributed by atoms with van der Waals surface area (Å²) >= 11 is 5.82. The van der Waals surface area contributed by atoms with Gasteiger partial charge in [-0.3, -0.25) is 9.59 Å². The summed E-state index contributed by atoms with van der Waals surface area (Å²) in [5.74, 6) is -1.72. The minimum Gasteiger partial charge on any atom is -0.480 e. The molecule has 6 nitrogen and oxygen atoms in total. The van der Waals surface area contributed by atoms with Crippen LogP contribution in [0.2, 0.25) is 5.02 Å². The molecule has 3 N–H and O–H groups in total. The predicted molar refractivity (Wildman–Crippen MR) is 101 cm³/mol. The largest absolute Gasteiger partial charge is 0.480 e. The maximum absolute atomic E-state index is 12.6. The maximum atomic E-state index is 12.6. The van der Waals surface area contributed by atoms with Crippen LogP contribution < -0.4 is 10.6 Å². The van der Waals surface area contributed by atoms with Crippen molar-refractivity contribution in [2.75, 3.05) is 0 Å². The van der Waals surface area contributed by atoms with Crippen LogP contribution in [0, 0.1) is 11.8 Å². The first-order chi connectivity index (χ1) is 12.1. The molecular formula is C19H27ClN2O4. The van der Waals surface area contributed by atoms with Gasteiger partial charge in [-0.25, -0.2) is 4.79 Å². The van der Waals surface area contributed by atoms with Crippen molar-refractivity contribution in [1.29, 1.82) is 0 Å². The molecule has 1 aromatic carbocycles. The standard InChI is InChI=1S/C19H27ClN2O4/c1-11(2)9-15(18(24)22-16(19(25)26)10-12(3)4)21-17(23)13-5-7-14(20)8-6-13/h5-8,11-12,15-16H,9-10H2,1-4H3,(H,21,23)(H,22,24)(H,25,26)/t15-,16-/m0/s1. The molecule has 2 amide bonds. The number of aliphatic carboxylic acids is 1. The zero-order chi connectivity index (χ0) is 19.9. The van der Waals surface area contributed by atoms with E-state index in [4.69, 9.17) is 11.6 Å². The number of benzene rings is 1. The van der Waals surface area contributed by atoms with Crippen molar-refractivity contribution < 1.29 is 19.5 Å². The molecule has 7 heteroatoms. The van der Waals surface area contributed by atoms with Crippen molar-refractivity contribution in [2.24, 2.45) is 11.8 Å². The number of carboxylic acids is 1. The molecule has 26 heavy (non-hydrogen) atoms. The Hall–Kier alpha value is -2.08. The second-order valence-electron chi connectivity index (χ2n) is 7.19. The number of hydrogen-bond acceptors (Lipinski definition) is 3. The number of halogens is 1. The Balaban J connectivity index is 2.87. The highest BCUT2D eigenvalue weighted by Crippen LogP contribution is 2.12. The summed E-state index contributed by atoms with van der Waals surface area (Å²) in [4.78, 5) is 36.4. The van der Waals surface area contributed by atoms with Crippen LogP contribution in [0.25, 0.3) is 0 Å². The first-order valence-electron chi connectivity index (χ1n) is 8.69. The number of carboxylic acid groups (broad SMARTS) is 1. The van der Waals surface area contributed by atoms with Crippen molar-refractivity contribution >= 4 is 29.4 Å². The van der Waals surface area contributed by atoms with E-state index >= 15 is 0 Å². The van der Waals surface area contributed by atoms with Crippen molar-refractivity contribution in [3.63, 3.8) is 0 Å². The molecule has 0 aliphatic rings. The highest BCUT2D eigenvalue weighted by Gasteiger charge is 2.27. The minimum atomic E-state index is -1.08. The van der Waals surface area contributed by atoms with Gasteiger partial charge < -0.3 is 15.7 Å². The van der Waals surface area contributed by atoms with E-state index in [1.165, 1.54) is 0 Å². The zero-order valence-corrected chi connectivity index (χ0v) is 16.3. The SMILES string of the molecule is CC(C)C[C@H](NC(=O)[C@H](CC(C)C)NC(=O)c1ccc(Cl)cc1)C(=O)O. The lowest BCUT2D eigenvalue weighted by Crippen LogP contribution is -2.52. The number of rotatable bonds is 9. The molecule has 0 heterocycles. The minimum absolute atomic E-state index is 0.114. The average Bonchev–Trinajstić information content (AvgIpc) is 2.53. The lowest BCUT2D eigenvalue weighted by molar-refractivity contribution is -0.142. The van der Waals surface area contributed by atoms with Gasteiger partial charge in [0, 0.05) is 10.6 Å². The third kappa shape index (κ3) is 7.44. The number of amides is 2. The Kier molecular flexibility index (Phi) is 8.58. The number of carbonyl (C=O) groups is 3. The van der Waals surface area contributed by atoms with Gasteiger partial charge in [0.2, 0.25) is 5.91 Å². The van der Waals surface area contributed by atoms with Crippen molar-refractivity contribution in [2.45, 2.75) is 52.6 Å². The summed E-state index contributed by atoms with van der Waals surface area (Å²) in [7, 11) is 0. The van der Waals surface area contributed by atoms with E-state index < -0.39 is 29.9 Å². The van der Waals surface area contributed by atoms with E-state index in [2.05, 4.69) is 10.6 Å². The maximum Gasteiger partial charge on any atom is 0.326 e. The van der Waals surface area contributed by atoms with Crippen LogP contribution in [-0.2, 0) is 9.59 Å². The van der Waals surface area contributed by atoms with Gasteiger partial charge in [0.05, 0.1) is 0 Å². The molecule has 0 unspecified atom stereocenters. The summed E-state index contributed by atoms with van der Waals surface area (Å²) < 4.78 is 0. The molecular weight excluding hydrogens is 356 g/mol. The third-order valence-corrected chi connectivity index (χ3v) is 4.01. The molecule has 1 rings (SSSR count). The van der Waals surface area contributed by atoms with Gasteiger partial charge in [0.15, 0.2) is 0 Å². The molecule has 0 aromatic heterocycles. The van der Waals surface area contributed by atoms with E-state index in [-0.39, 0.29) is 11.8 Å². The second-order valence-corrected chi connectivity index (χ2v) is 7.63. The van der Waals surface area contributed by atoms with Gasteiger partial charge in [-0.1, -0.05) is 39.3 Å². The van der Waals surface area contributed by atoms with E-state index in [0.717, 1.165) is 0 Å². The Bertz CT molecular complexity index is 629. The van der Waals surface area contributed by atoms with E-state index in [9.17, 15) is 19.5 Å².